The number of amides is 1. The van der Waals surface area contributed by atoms with Crippen LogP contribution in [0.15, 0.2) is 60.1 Å². The molecule has 1 N–H and O–H groups in total. The van der Waals surface area contributed by atoms with Crippen molar-refractivity contribution in [3.8, 4) is 0 Å². The molecule has 2 aromatic rings. The Morgan fingerprint density at radius 3 is 2.75 bits per heavy atom. The number of nitrogens with one attached hydrogen (secondary N) is 1. The lowest BCUT2D eigenvalue weighted by Crippen LogP contribution is -2.20. The van der Waals surface area contributed by atoms with Gasteiger partial charge >= 0.3 is 0 Å². The third-order valence-corrected chi connectivity index (χ3v) is 2.45. The molecular formula is C15H14N4O. The van der Waals surface area contributed by atoms with Crippen molar-refractivity contribution in [2.45, 2.75) is 6.92 Å². The smallest absolute Gasteiger partial charge is 0.265 e. The number of hydrogen-bond acceptors (Lipinski definition) is 4. The number of carbonyl (C=O) groups excluding carboxylic acids is 1. The number of hydrogen-bond donors (Lipinski definition) is 1. The highest BCUT2D eigenvalue weighted by molar-refractivity contribution is 5.98. The molecule has 0 saturated heterocycles. The Kier molecular flexibility index (Phi) is 4.72. The zero-order valence-corrected chi connectivity index (χ0v) is 11.0. The van der Waals surface area contributed by atoms with Gasteiger partial charge in [-0.25, -0.2) is 10.4 Å². The maximum atomic E-state index is 11.7. The first-order chi connectivity index (χ1) is 9.75. The fourth-order valence-corrected chi connectivity index (χ4v) is 1.43. The normalized spacial score (nSPS) is 11.6. The highest BCUT2D eigenvalue weighted by Gasteiger charge is 2.04. The second kappa shape index (κ2) is 6.94. The van der Waals surface area contributed by atoms with E-state index < -0.39 is 0 Å². The lowest BCUT2D eigenvalue weighted by Gasteiger charge is -1.98. The van der Waals surface area contributed by atoms with E-state index in [1.165, 1.54) is 18.6 Å². The van der Waals surface area contributed by atoms with Gasteiger partial charge < -0.3 is 0 Å². The summed E-state index contributed by atoms with van der Waals surface area (Å²) in [7, 11) is 0. The topological polar surface area (TPSA) is 67.2 Å². The summed E-state index contributed by atoms with van der Waals surface area (Å²) in [5.74, 6) is -0.384. The molecule has 1 aromatic heterocycles. The molecule has 0 radical (unpaired) electrons. The van der Waals surface area contributed by atoms with E-state index in [0.29, 0.717) is 5.71 Å². The van der Waals surface area contributed by atoms with E-state index in [1.54, 1.807) is 6.92 Å². The average Bonchev–Trinajstić information content (AvgIpc) is 2.52. The first kappa shape index (κ1) is 13.6. The van der Waals surface area contributed by atoms with Crippen molar-refractivity contribution >= 4 is 17.7 Å². The van der Waals surface area contributed by atoms with Gasteiger partial charge in [0.2, 0.25) is 0 Å². The van der Waals surface area contributed by atoms with Crippen molar-refractivity contribution in [2.75, 3.05) is 0 Å². The van der Waals surface area contributed by atoms with Gasteiger partial charge in [0.15, 0.2) is 0 Å². The summed E-state index contributed by atoms with van der Waals surface area (Å²) in [6.07, 6.45) is 8.11. The fraction of sp³-hybridized carbons (Fsp3) is 0.0667. The van der Waals surface area contributed by atoms with Crippen LogP contribution in [0.4, 0.5) is 0 Å². The maximum absolute atomic E-state index is 11.7. The quantitative estimate of drug-likeness (QED) is 0.682. The first-order valence-corrected chi connectivity index (χ1v) is 6.09. The van der Waals surface area contributed by atoms with Gasteiger partial charge in [-0.1, -0.05) is 36.4 Å². The van der Waals surface area contributed by atoms with Gasteiger partial charge in [0.05, 0.1) is 11.9 Å². The maximum Gasteiger partial charge on any atom is 0.291 e. The summed E-state index contributed by atoms with van der Waals surface area (Å²) >= 11 is 0. The molecular weight excluding hydrogens is 252 g/mol. The minimum absolute atomic E-state index is 0.232. The van der Waals surface area contributed by atoms with E-state index in [4.69, 9.17) is 0 Å². The molecule has 1 heterocycles. The Labute approximate surface area is 117 Å². The van der Waals surface area contributed by atoms with Crippen molar-refractivity contribution in [1.82, 2.24) is 15.4 Å². The van der Waals surface area contributed by atoms with Crippen LogP contribution >= 0.6 is 0 Å². The Hall–Kier alpha value is -2.82. The highest BCUT2D eigenvalue weighted by atomic mass is 16.2. The third-order valence-electron chi connectivity index (χ3n) is 2.45. The van der Waals surface area contributed by atoms with Crippen LogP contribution in [0.2, 0.25) is 0 Å². The van der Waals surface area contributed by atoms with E-state index in [9.17, 15) is 4.79 Å². The SMILES string of the molecule is CC(/C=C/c1ccccc1)=NNC(=O)c1cnccn1. The summed E-state index contributed by atoms with van der Waals surface area (Å²) in [4.78, 5) is 19.4. The Balaban J connectivity index is 1.95. The van der Waals surface area contributed by atoms with Crippen molar-refractivity contribution in [3.05, 3.63) is 66.3 Å². The van der Waals surface area contributed by atoms with Crippen molar-refractivity contribution in [2.24, 2.45) is 5.10 Å². The molecule has 100 valence electrons. The molecule has 2 rings (SSSR count). The molecule has 0 fully saturated rings. The lowest BCUT2D eigenvalue weighted by molar-refractivity contribution is 0.0949. The zero-order chi connectivity index (χ0) is 14.2. The monoisotopic (exact) mass is 266 g/mol. The van der Waals surface area contributed by atoms with Crippen molar-refractivity contribution < 1.29 is 4.79 Å². The molecule has 0 bridgehead atoms. The van der Waals surface area contributed by atoms with Crippen LogP contribution in [-0.4, -0.2) is 21.6 Å². The van der Waals surface area contributed by atoms with Crippen LogP contribution in [0.25, 0.3) is 6.08 Å². The second-order valence-corrected chi connectivity index (χ2v) is 4.03. The highest BCUT2D eigenvalue weighted by Crippen LogP contribution is 2.01. The minimum atomic E-state index is -0.384. The van der Waals surface area contributed by atoms with Gasteiger partial charge in [0, 0.05) is 12.4 Å². The Morgan fingerprint density at radius 2 is 2.05 bits per heavy atom. The molecule has 5 heteroatoms. The minimum Gasteiger partial charge on any atom is -0.265 e. The fourth-order valence-electron chi connectivity index (χ4n) is 1.43. The first-order valence-electron chi connectivity index (χ1n) is 6.09. The molecule has 1 aromatic carbocycles. The Morgan fingerprint density at radius 1 is 1.25 bits per heavy atom. The number of nitrogens with zero attached hydrogens (tertiary/aromatic N) is 3. The number of carbonyl (C=O) groups is 1. The van der Waals surface area contributed by atoms with Crippen LogP contribution in [0.1, 0.15) is 23.0 Å². The Bertz CT molecular complexity index is 621. The standard InChI is InChI=1S/C15H14N4O/c1-12(7-8-13-5-3-2-4-6-13)18-19-15(20)14-11-16-9-10-17-14/h2-11H,1H3,(H,19,20)/b8-7+,18-12?. The summed E-state index contributed by atoms with van der Waals surface area (Å²) in [5.41, 5.74) is 4.42. The molecule has 0 spiro atoms. The van der Waals surface area contributed by atoms with Gasteiger partial charge in [-0.3, -0.25) is 9.78 Å². The second-order valence-electron chi connectivity index (χ2n) is 4.03. The number of hydrazone groups is 1. The summed E-state index contributed by atoms with van der Waals surface area (Å²) in [5, 5.41) is 3.98. The molecule has 0 aliphatic carbocycles. The van der Waals surface area contributed by atoms with E-state index in [0.717, 1.165) is 5.56 Å². The van der Waals surface area contributed by atoms with E-state index in [2.05, 4.69) is 20.5 Å². The van der Waals surface area contributed by atoms with Crippen LogP contribution in [-0.2, 0) is 0 Å². The van der Waals surface area contributed by atoms with Crippen molar-refractivity contribution in [1.29, 1.82) is 0 Å². The van der Waals surface area contributed by atoms with Gasteiger partial charge in [0.25, 0.3) is 5.91 Å². The number of rotatable bonds is 4. The van der Waals surface area contributed by atoms with Crippen LogP contribution in [0.5, 0.6) is 0 Å². The van der Waals surface area contributed by atoms with Crippen molar-refractivity contribution in [3.63, 3.8) is 0 Å². The summed E-state index contributed by atoms with van der Waals surface area (Å²) in [6.45, 7) is 1.80. The van der Waals surface area contributed by atoms with Gasteiger partial charge in [-0.15, -0.1) is 0 Å². The van der Waals surface area contributed by atoms with Gasteiger partial charge in [-0.2, -0.15) is 5.10 Å². The predicted molar refractivity (Wildman–Crippen MR) is 78.1 cm³/mol. The average molecular weight is 266 g/mol. The number of benzene rings is 1. The lowest BCUT2D eigenvalue weighted by atomic mass is 10.2. The zero-order valence-electron chi connectivity index (χ0n) is 11.0. The van der Waals surface area contributed by atoms with Gasteiger partial charge in [-0.05, 0) is 18.6 Å². The number of aromatic nitrogens is 2. The predicted octanol–water partition coefficient (Wildman–Crippen LogP) is 2.30. The van der Waals surface area contributed by atoms with Crippen LogP contribution in [0, 0.1) is 0 Å². The largest absolute Gasteiger partial charge is 0.291 e. The molecule has 0 saturated carbocycles. The number of allylic oxidation sites excluding steroid dienone is 1. The summed E-state index contributed by atoms with van der Waals surface area (Å²) in [6, 6.07) is 9.85. The summed E-state index contributed by atoms with van der Waals surface area (Å²) < 4.78 is 0. The molecule has 0 aliphatic rings. The van der Waals surface area contributed by atoms with Crippen LogP contribution in [0.3, 0.4) is 0 Å². The molecule has 20 heavy (non-hydrogen) atoms. The third kappa shape index (κ3) is 4.13. The van der Waals surface area contributed by atoms with E-state index >= 15 is 0 Å². The molecule has 0 aliphatic heterocycles. The molecule has 0 unspecified atom stereocenters. The van der Waals surface area contributed by atoms with Crippen LogP contribution < -0.4 is 5.43 Å². The molecule has 1 amide bonds. The van der Waals surface area contributed by atoms with Gasteiger partial charge in [0.1, 0.15) is 5.69 Å². The molecule has 5 nitrogen and oxygen atoms in total. The van der Waals surface area contributed by atoms with E-state index in [-0.39, 0.29) is 11.6 Å². The van der Waals surface area contributed by atoms with E-state index in [1.807, 2.05) is 42.5 Å². The molecule has 0 atom stereocenters.